The summed E-state index contributed by atoms with van der Waals surface area (Å²) in [4.78, 5) is 24.9. The first-order chi connectivity index (χ1) is 13.3. The van der Waals surface area contributed by atoms with Crippen LogP contribution in [0.15, 0.2) is 41.8 Å². The van der Waals surface area contributed by atoms with E-state index in [0.717, 1.165) is 40.2 Å². The van der Waals surface area contributed by atoms with Crippen LogP contribution in [0.1, 0.15) is 31.8 Å². The Bertz CT molecular complexity index is 1080. The number of carbonyl (C=O) groups is 2. The van der Waals surface area contributed by atoms with Gasteiger partial charge in [-0.2, -0.15) is 0 Å². The van der Waals surface area contributed by atoms with E-state index >= 15 is 0 Å². The number of hydrogen-bond donors (Lipinski definition) is 1. The molecule has 1 amide bonds. The van der Waals surface area contributed by atoms with Crippen molar-refractivity contribution in [1.29, 1.82) is 0 Å². The summed E-state index contributed by atoms with van der Waals surface area (Å²) in [6, 6.07) is 8.72. The molecule has 1 aromatic heterocycles. The molecule has 1 heterocycles. The third-order valence-electron chi connectivity index (χ3n) is 4.27. The molecule has 0 aliphatic rings. The summed E-state index contributed by atoms with van der Waals surface area (Å²) >= 11 is 1.16. The SMILES string of the molecule is COC(=O)c1c(-c2cc(C)ccc2C)csc1NC(=O)c1ccc(F)c(F)c1. The van der Waals surface area contributed by atoms with Crippen molar-refractivity contribution in [3.63, 3.8) is 0 Å². The number of aryl methyl sites for hydroxylation is 2. The second-order valence-corrected chi connectivity index (χ2v) is 7.13. The first-order valence-corrected chi connectivity index (χ1v) is 9.23. The number of carbonyl (C=O) groups excluding carboxylic acids is 2. The highest BCUT2D eigenvalue weighted by molar-refractivity contribution is 7.15. The number of anilines is 1. The van der Waals surface area contributed by atoms with E-state index in [0.29, 0.717) is 5.56 Å². The highest BCUT2D eigenvalue weighted by Crippen LogP contribution is 2.38. The van der Waals surface area contributed by atoms with Crippen LogP contribution in [0.2, 0.25) is 0 Å². The molecule has 144 valence electrons. The maximum atomic E-state index is 13.4. The van der Waals surface area contributed by atoms with Crippen molar-refractivity contribution in [2.45, 2.75) is 13.8 Å². The molecule has 0 aliphatic carbocycles. The third kappa shape index (κ3) is 3.80. The van der Waals surface area contributed by atoms with Crippen LogP contribution in [-0.2, 0) is 4.74 Å². The summed E-state index contributed by atoms with van der Waals surface area (Å²) in [5.41, 5.74) is 3.64. The van der Waals surface area contributed by atoms with Gasteiger partial charge in [0.1, 0.15) is 10.6 Å². The van der Waals surface area contributed by atoms with Crippen molar-refractivity contribution in [1.82, 2.24) is 0 Å². The molecule has 0 aliphatic heterocycles. The Hall–Kier alpha value is -3.06. The van der Waals surface area contributed by atoms with Gasteiger partial charge in [0.15, 0.2) is 11.6 Å². The molecule has 0 bridgehead atoms. The zero-order chi connectivity index (χ0) is 20.4. The van der Waals surface area contributed by atoms with Crippen LogP contribution in [0.4, 0.5) is 13.8 Å². The molecular formula is C21H17F2NO3S. The number of esters is 1. The van der Waals surface area contributed by atoms with E-state index in [2.05, 4.69) is 5.32 Å². The average Bonchev–Trinajstić information content (AvgIpc) is 3.08. The zero-order valence-corrected chi connectivity index (χ0v) is 16.2. The maximum absolute atomic E-state index is 13.4. The Morgan fingerprint density at radius 3 is 2.43 bits per heavy atom. The largest absolute Gasteiger partial charge is 0.465 e. The molecule has 3 aromatic rings. The molecule has 2 aromatic carbocycles. The van der Waals surface area contributed by atoms with E-state index < -0.39 is 23.5 Å². The summed E-state index contributed by atoms with van der Waals surface area (Å²) < 4.78 is 31.4. The standard InChI is InChI=1S/C21H17F2NO3S/c1-11-4-5-12(2)14(8-11)15-10-28-20(18(15)21(26)27-3)24-19(25)13-6-7-16(22)17(23)9-13/h4-10H,1-3H3,(H,24,25). The molecule has 0 atom stereocenters. The predicted octanol–water partition coefficient (Wildman–Crippen LogP) is 5.35. The van der Waals surface area contributed by atoms with Crippen LogP contribution < -0.4 is 5.32 Å². The van der Waals surface area contributed by atoms with Gasteiger partial charge in [0.2, 0.25) is 0 Å². The number of thiophene rings is 1. The molecule has 0 fully saturated rings. The Balaban J connectivity index is 2.03. The molecule has 7 heteroatoms. The Labute approximate surface area is 164 Å². The number of methoxy groups -OCH3 is 1. The number of rotatable bonds is 4. The molecule has 0 saturated carbocycles. The number of nitrogens with one attached hydrogen (secondary N) is 1. The number of ether oxygens (including phenoxy) is 1. The third-order valence-corrected chi connectivity index (χ3v) is 5.17. The van der Waals surface area contributed by atoms with Gasteiger partial charge in [0, 0.05) is 16.5 Å². The van der Waals surface area contributed by atoms with Gasteiger partial charge >= 0.3 is 5.97 Å². The van der Waals surface area contributed by atoms with Gasteiger partial charge in [-0.1, -0.05) is 23.8 Å². The van der Waals surface area contributed by atoms with Crippen LogP contribution in [0.3, 0.4) is 0 Å². The van der Waals surface area contributed by atoms with Crippen LogP contribution in [0.25, 0.3) is 11.1 Å². The number of halogens is 2. The van der Waals surface area contributed by atoms with Gasteiger partial charge in [0.25, 0.3) is 5.91 Å². The monoisotopic (exact) mass is 401 g/mol. The zero-order valence-electron chi connectivity index (χ0n) is 15.4. The summed E-state index contributed by atoms with van der Waals surface area (Å²) in [5.74, 6) is -3.42. The Morgan fingerprint density at radius 1 is 1.00 bits per heavy atom. The van der Waals surface area contributed by atoms with Gasteiger partial charge in [0.05, 0.1) is 7.11 Å². The van der Waals surface area contributed by atoms with E-state index in [1.165, 1.54) is 13.2 Å². The summed E-state index contributed by atoms with van der Waals surface area (Å²) in [5, 5.41) is 4.64. The molecule has 0 radical (unpaired) electrons. The predicted molar refractivity (Wildman–Crippen MR) is 105 cm³/mol. The molecule has 0 unspecified atom stereocenters. The van der Waals surface area contributed by atoms with Gasteiger partial charge in [-0.3, -0.25) is 4.79 Å². The lowest BCUT2D eigenvalue weighted by atomic mass is 9.97. The highest BCUT2D eigenvalue weighted by atomic mass is 32.1. The van der Waals surface area contributed by atoms with Crippen molar-refractivity contribution in [3.8, 4) is 11.1 Å². The fourth-order valence-electron chi connectivity index (χ4n) is 2.79. The molecular weight excluding hydrogens is 384 g/mol. The van der Waals surface area contributed by atoms with Crippen molar-refractivity contribution in [2.75, 3.05) is 12.4 Å². The van der Waals surface area contributed by atoms with Crippen LogP contribution in [0.5, 0.6) is 0 Å². The minimum Gasteiger partial charge on any atom is -0.465 e. The van der Waals surface area contributed by atoms with Crippen molar-refractivity contribution >= 4 is 28.2 Å². The topological polar surface area (TPSA) is 55.4 Å². The van der Waals surface area contributed by atoms with E-state index in [1.807, 2.05) is 32.0 Å². The number of benzene rings is 2. The fourth-order valence-corrected chi connectivity index (χ4v) is 3.73. The van der Waals surface area contributed by atoms with E-state index in [9.17, 15) is 18.4 Å². The lowest BCUT2D eigenvalue weighted by Crippen LogP contribution is -2.14. The van der Waals surface area contributed by atoms with Crippen molar-refractivity contribution < 1.29 is 23.1 Å². The molecule has 0 spiro atoms. The summed E-state index contributed by atoms with van der Waals surface area (Å²) in [6.07, 6.45) is 0. The van der Waals surface area contributed by atoms with Crippen LogP contribution in [0, 0.1) is 25.5 Å². The van der Waals surface area contributed by atoms with Gasteiger partial charge in [-0.15, -0.1) is 11.3 Å². The van der Waals surface area contributed by atoms with Crippen LogP contribution in [-0.4, -0.2) is 19.0 Å². The van der Waals surface area contributed by atoms with Gasteiger partial charge < -0.3 is 10.1 Å². The summed E-state index contributed by atoms with van der Waals surface area (Å²) in [7, 11) is 1.26. The maximum Gasteiger partial charge on any atom is 0.341 e. The minimum atomic E-state index is -1.12. The Kier molecular flexibility index (Phi) is 5.56. The second kappa shape index (κ2) is 7.90. The molecule has 1 N–H and O–H groups in total. The number of hydrogen-bond acceptors (Lipinski definition) is 4. The lowest BCUT2D eigenvalue weighted by molar-refractivity contribution is 0.0603. The smallest absolute Gasteiger partial charge is 0.341 e. The molecule has 0 saturated heterocycles. The molecule has 3 rings (SSSR count). The van der Waals surface area contributed by atoms with Gasteiger partial charge in [-0.25, -0.2) is 13.6 Å². The number of amides is 1. The van der Waals surface area contributed by atoms with E-state index in [-0.39, 0.29) is 16.1 Å². The summed E-state index contributed by atoms with van der Waals surface area (Å²) in [6.45, 7) is 3.87. The molecule has 4 nitrogen and oxygen atoms in total. The Morgan fingerprint density at radius 2 is 1.75 bits per heavy atom. The van der Waals surface area contributed by atoms with Crippen molar-refractivity contribution in [3.05, 3.63) is 75.7 Å². The molecule has 28 heavy (non-hydrogen) atoms. The van der Waals surface area contributed by atoms with Crippen LogP contribution >= 0.6 is 11.3 Å². The van der Waals surface area contributed by atoms with Gasteiger partial charge in [-0.05, 0) is 43.2 Å². The van der Waals surface area contributed by atoms with E-state index in [4.69, 9.17) is 4.74 Å². The average molecular weight is 401 g/mol. The van der Waals surface area contributed by atoms with E-state index in [1.54, 1.807) is 5.38 Å². The normalized spacial score (nSPS) is 10.6. The van der Waals surface area contributed by atoms with Crippen molar-refractivity contribution in [2.24, 2.45) is 0 Å². The quantitative estimate of drug-likeness (QED) is 0.600. The lowest BCUT2D eigenvalue weighted by Gasteiger charge is -2.10. The minimum absolute atomic E-state index is 0.0589. The first kappa shape index (κ1) is 19.7. The first-order valence-electron chi connectivity index (χ1n) is 8.35. The highest BCUT2D eigenvalue weighted by Gasteiger charge is 2.24. The second-order valence-electron chi connectivity index (χ2n) is 6.25. The fraction of sp³-hybridized carbons (Fsp3) is 0.143.